The van der Waals surface area contributed by atoms with Crippen LogP contribution in [0.4, 0.5) is 5.69 Å². The van der Waals surface area contributed by atoms with Crippen LogP contribution in [0.2, 0.25) is 5.02 Å². The number of hydrogen-bond acceptors (Lipinski definition) is 3. The topological polar surface area (TPSA) is 32.3 Å². The van der Waals surface area contributed by atoms with Gasteiger partial charge >= 0.3 is 0 Å². The summed E-state index contributed by atoms with van der Waals surface area (Å²) in [6.07, 6.45) is 4.01. The lowest BCUT2D eigenvalue weighted by Gasteiger charge is -2.32. The van der Waals surface area contributed by atoms with E-state index in [0.29, 0.717) is 0 Å². The summed E-state index contributed by atoms with van der Waals surface area (Å²) in [4.78, 5) is 16.1. The second-order valence-electron chi connectivity index (χ2n) is 6.39. The number of nitrogens with one attached hydrogen (secondary N) is 1. The Morgan fingerprint density at radius 2 is 2.12 bits per heavy atom. The maximum Gasteiger partial charge on any atom is 0.228 e. The molecule has 1 atom stereocenters. The minimum Gasteiger partial charge on any atom is -0.326 e. The standard InChI is InChI=1S/C20H23ClN2OS/c1-25-18-9-4-8-17(12-18)22-20(24)16-7-5-11-23(14-16)13-15-6-2-3-10-19(15)21/h2-4,6,8-10,12,16H,5,7,11,13-14H2,1H3,(H,22,24)/t16-/m0/s1. The molecule has 1 heterocycles. The molecular formula is C20H23ClN2OS. The predicted molar refractivity (Wildman–Crippen MR) is 106 cm³/mol. The number of anilines is 1. The average molecular weight is 375 g/mol. The van der Waals surface area contributed by atoms with E-state index >= 15 is 0 Å². The van der Waals surface area contributed by atoms with Crippen LogP contribution in [0, 0.1) is 5.92 Å². The Hall–Kier alpha value is -1.49. The van der Waals surface area contributed by atoms with Crippen LogP contribution in [0.5, 0.6) is 0 Å². The van der Waals surface area contributed by atoms with E-state index in [4.69, 9.17) is 11.6 Å². The monoisotopic (exact) mass is 374 g/mol. The molecule has 5 heteroatoms. The van der Waals surface area contributed by atoms with Gasteiger partial charge in [0.05, 0.1) is 5.92 Å². The number of benzene rings is 2. The summed E-state index contributed by atoms with van der Waals surface area (Å²) in [5.74, 6) is 0.135. The van der Waals surface area contributed by atoms with Crippen LogP contribution in [0.1, 0.15) is 18.4 Å². The van der Waals surface area contributed by atoms with E-state index < -0.39 is 0 Å². The highest BCUT2D eigenvalue weighted by molar-refractivity contribution is 7.98. The highest BCUT2D eigenvalue weighted by Crippen LogP contribution is 2.24. The van der Waals surface area contributed by atoms with Crippen molar-refractivity contribution in [1.82, 2.24) is 4.90 Å². The van der Waals surface area contributed by atoms with Gasteiger partial charge in [-0.05, 0) is 55.5 Å². The first-order chi connectivity index (χ1) is 12.2. The second-order valence-corrected chi connectivity index (χ2v) is 7.67. The van der Waals surface area contributed by atoms with Crippen molar-refractivity contribution in [2.75, 3.05) is 24.7 Å². The van der Waals surface area contributed by atoms with Gasteiger partial charge in [-0.15, -0.1) is 11.8 Å². The van der Waals surface area contributed by atoms with Gasteiger partial charge < -0.3 is 5.32 Å². The summed E-state index contributed by atoms with van der Waals surface area (Å²) < 4.78 is 0. The number of rotatable bonds is 5. The van der Waals surface area contributed by atoms with Crippen LogP contribution in [-0.2, 0) is 11.3 Å². The molecule has 132 valence electrons. The molecule has 1 saturated heterocycles. The molecule has 1 aliphatic rings. The van der Waals surface area contributed by atoms with Crippen LogP contribution in [0.25, 0.3) is 0 Å². The normalized spacial score (nSPS) is 18.1. The van der Waals surface area contributed by atoms with Gasteiger partial charge in [-0.25, -0.2) is 0 Å². The first-order valence-corrected chi connectivity index (χ1v) is 10.2. The van der Waals surface area contributed by atoms with Crippen LogP contribution in [-0.4, -0.2) is 30.2 Å². The number of nitrogens with zero attached hydrogens (tertiary/aromatic N) is 1. The molecule has 0 radical (unpaired) electrons. The van der Waals surface area contributed by atoms with Crippen molar-refractivity contribution >= 4 is 35.0 Å². The third-order valence-electron chi connectivity index (χ3n) is 4.57. The highest BCUT2D eigenvalue weighted by atomic mass is 35.5. The lowest BCUT2D eigenvalue weighted by Crippen LogP contribution is -2.40. The lowest BCUT2D eigenvalue weighted by molar-refractivity contribution is -0.121. The number of likely N-dealkylation sites (tertiary alicyclic amines) is 1. The molecule has 2 aromatic rings. The fourth-order valence-corrected chi connectivity index (χ4v) is 3.88. The molecular weight excluding hydrogens is 352 g/mol. The molecule has 2 aromatic carbocycles. The number of carbonyl (C=O) groups excluding carboxylic acids is 1. The van der Waals surface area contributed by atoms with Gasteiger partial charge in [0.1, 0.15) is 0 Å². The van der Waals surface area contributed by atoms with Crippen molar-refractivity contribution in [3.63, 3.8) is 0 Å². The van der Waals surface area contributed by atoms with E-state index in [1.165, 1.54) is 0 Å². The largest absolute Gasteiger partial charge is 0.326 e. The Morgan fingerprint density at radius 1 is 1.28 bits per heavy atom. The quantitative estimate of drug-likeness (QED) is 0.754. The summed E-state index contributed by atoms with van der Waals surface area (Å²) in [5, 5.41) is 3.87. The van der Waals surface area contributed by atoms with Gasteiger partial charge in [0, 0.05) is 28.7 Å². The molecule has 1 N–H and O–H groups in total. The Kier molecular flexibility index (Phi) is 6.40. The van der Waals surface area contributed by atoms with Crippen molar-refractivity contribution in [3.8, 4) is 0 Å². The maximum absolute atomic E-state index is 12.7. The van der Waals surface area contributed by atoms with E-state index in [-0.39, 0.29) is 11.8 Å². The fraction of sp³-hybridized carbons (Fsp3) is 0.350. The summed E-state index contributed by atoms with van der Waals surface area (Å²) >= 11 is 7.95. The zero-order valence-corrected chi connectivity index (χ0v) is 15.9. The van der Waals surface area contributed by atoms with E-state index in [1.807, 2.05) is 48.7 Å². The molecule has 0 aromatic heterocycles. The van der Waals surface area contributed by atoms with Crippen molar-refractivity contribution in [1.29, 1.82) is 0 Å². The van der Waals surface area contributed by atoms with Crippen molar-refractivity contribution in [2.45, 2.75) is 24.3 Å². The van der Waals surface area contributed by atoms with Gasteiger partial charge in [0.15, 0.2) is 0 Å². The predicted octanol–water partition coefficient (Wildman–Crippen LogP) is 4.91. The summed E-state index contributed by atoms with van der Waals surface area (Å²) in [5.41, 5.74) is 2.00. The van der Waals surface area contributed by atoms with E-state index in [0.717, 1.165) is 53.6 Å². The van der Waals surface area contributed by atoms with Crippen molar-refractivity contribution in [3.05, 3.63) is 59.1 Å². The number of carbonyl (C=O) groups is 1. The van der Waals surface area contributed by atoms with Crippen LogP contribution < -0.4 is 5.32 Å². The third-order valence-corrected chi connectivity index (χ3v) is 5.66. The summed E-state index contributed by atoms with van der Waals surface area (Å²) in [6.45, 7) is 2.58. The van der Waals surface area contributed by atoms with Crippen LogP contribution in [0.15, 0.2) is 53.4 Å². The maximum atomic E-state index is 12.7. The van der Waals surface area contributed by atoms with Crippen LogP contribution >= 0.6 is 23.4 Å². The van der Waals surface area contributed by atoms with Crippen LogP contribution in [0.3, 0.4) is 0 Å². The zero-order valence-electron chi connectivity index (χ0n) is 14.4. The van der Waals surface area contributed by atoms with E-state index in [9.17, 15) is 4.79 Å². The Morgan fingerprint density at radius 3 is 2.92 bits per heavy atom. The van der Waals surface area contributed by atoms with Gasteiger partial charge in [-0.3, -0.25) is 9.69 Å². The molecule has 0 bridgehead atoms. The second kappa shape index (κ2) is 8.75. The fourth-order valence-electron chi connectivity index (χ4n) is 3.23. The Bertz CT molecular complexity index is 737. The minimum atomic E-state index is 0.0224. The molecule has 0 unspecified atom stereocenters. The van der Waals surface area contributed by atoms with Gasteiger partial charge in [0.25, 0.3) is 0 Å². The first-order valence-electron chi connectivity index (χ1n) is 8.56. The first kappa shape index (κ1) is 18.3. The van der Waals surface area contributed by atoms with Crippen molar-refractivity contribution in [2.24, 2.45) is 5.92 Å². The molecule has 1 amide bonds. The molecule has 25 heavy (non-hydrogen) atoms. The number of hydrogen-bond donors (Lipinski definition) is 1. The SMILES string of the molecule is CSc1cccc(NC(=O)[C@H]2CCCN(Cc3ccccc3Cl)C2)c1. The van der Waals surface area contributed by atoms with Gasteiger partial charge in [0.2, 0.25) is 5.91 Å². The van der Waals surface area contributed by atoms with E-state index in [1.54, 1.807) is 11.8 Å². The Labute approximate surface area is 158 Å². The smallest absolute Gasteiger partial charge is 0.228 e. The molecule has 3 nitrogen and oxygen atoms in total. The molecule has 3 rings (SSSR count). The van der Waals surface area contributed by atoms with E-state index in [2.05, 4.69) is 16.3 Å². The van der Waals surface area contributed by atoms with Gasteiger partial charge in [-0.1, -0.05) is 35.9 Å². The third kappa shape index (κ3) is 5.00. The zero-order chi connectivity index (χ0) is 17.6. The molecule has 0 saturated carbocycles. The highest BCUT2D eigenvalue weighted by Gasteiger charge is 2.26. The lowest BCUT2D eigenvalue weighted by atomic mass is 9.96. The number of amides is 1. The molecule has 0 spiro atoms. The average Bonchev–Trinajstić information content (AvgIpc) is 2.64. The molecule has 1 aliphatic heterocycles. The van der Waals surface area contributed by atoms with Gasteiger partial charge in [-0.2, -0.15) is 0 Å². The summed E-state index contributed by atoms with van der Waals surface area (Å²) in [6, 6.07) is 15.9. The van der Waals surface area contributed by atoms with Crippen molar-refractivity contribution < 1.29 is 4.79 Å². The molecule has 1 fully saturated rings. The number of thioether (sulfide) groups is 1. The number of piperidine rings is 1. The minimum absolute atomic E-state index is 0.0224. The number of halogens is 1. The molecule has 0 aliphatic carbocycles. The summed E-state index contributed by atoms with van der Waals surface area (Å²) in [7, 11) is 0. The Balaban J connectivity index is 1.60.